The molecule has 5 rings (SSSR count). The topological polar surface area (TPSA) is 69.6 Å². The highest BCUT2D eigenvalue weighted by molar-refractivity contribution is 7.98. The molecular formula is C24H30N4O2S. The van der Waals surface area contributed by atoms with Crippen molar-refractivity contribution >= 4 is 23.7 Å². The molecule has 6 nitrogen and oxygen atoms in total. The Bertz CT molecular complexity index is 1010. The quantitative estimate of drug-likeness (QED) is 0.563. The summed E-state index contributed by atoms with van der Waals surface area (Å²) in [6, 6.07) is 9.01. The van der Waals surface area contributed by atoms with Gasteiger partial charge in [-0.3, -0.25) is 0 Å². The highest BCUT2D eigenvalue weighted by Gasteiger charge is 2.40. The molecule has 7 heteroatoms. The maximum absolute atomic E-state index is 11.4. The van der Waals surface area contributed by atoms with Crippen LogP contribution in [0.4, 0.5) is 10.6 Å². The van der Waals surface area contributed by atoms with Gasteiger partial charge in [0, 0.05) is 31.2 Å². The lowest BCUT2D eigenvalue weighted by Crippen LogP contribution is -2.54. The van der Waals surface area contributed by atoms with Gasteiger partial charge in [-0.2, -0.15) is 0 Å². The van der Waals surface area contributed by atoms with Gasteiger partial charge >= 0.3 is 6.09 Å². The number of amides is 1. The Kier molecular flexibility index (Phi) is 5.32. The highest BCUT2D eigenvalue weighted by Crippen LogP contribution is 2.46. The summed E-state index contributed by atoms with van der Waals surface area (Å²) in [7, 11) is 0. The molecule has 0 saturated carbocycles. The third kappa shape index (κ3) is 3.77. The number of hydrogen-bond acceptors (Lipinski definition) is 5. The van der Waals surface area contributed by atoms with E-state index in [1.54, 1.807) is 11.8 Å². The second kappa shape index (κ2) is 8.01. The molecule has 1 saturated heterocycles. The van der Waals surface area contributed by atoms with Crippen LogP contribution in [-0.2, 0) is 25.7 Å². The summed E-state index contributed by atoms with van der Waals surface area (Å²) in [5, 5.41) is 10.2. The summed E-state index contributed by atoms with van der Waals surface area (Å²) in [5.74, 6) is 1.04. The summed E-state index contributed by atoms with van der Waals surface area (Å²) < 4.78 is 0. The number of carbonyl (C=O) groups is 1. The van der Waals surface area contributed by atoms with Gasteiger partial charge in [-0.1, -0.05) is 36.0 Å². The Hall–Kier alpha value is -2.28. The average molecular weight is 439 g/mol. The zero-order valence-corrected chi connectivity index (χ0v) is 19.1. The van der Waals surface area contributed by atoms with E-state index in [1.807, 2.05) is 6.26 Å². The summed E-state index contributed by atoms with van der Waals surface area (Å²) in [6.07, 6.45) is 7.93. The van der Waals surface area contributed by atoms with Crippen LogP contribution < -0.4 is 4.90 Å². The molecule has 2 heterocycles. The van der Waals surface area contributed by atoms with Crippen molar-refractivity contribution in [3.63, 3.8) is 0 Å². The molecule has 2 atom stereocenters. The van der Waals surface area contributed by atoms with Crippen molar-refractivity contribution in [2.24, 2.45) is 5.41 Å². The molecule has 1 fully saturated rings. The van der Waals surface area contributed by atoms with E-state index in [2.05, 4.69) is 36.1 Å². The van der Waals surface area contributed by atoms with Crippen molar-refractivity contribution in [2.45, 2.75) is 56.6 Å². The zero-order valence-electron chi connectivity index (χ0n) is 18.3. The van der Waals surface area contributed by atoms with Crippen LogP contribution in [0.2, 0.25) is 0 Å². The molecule has 0 bridgehead atoms. The first-order chi connectivity index (χ1) is 15.0. The van der Waals surface area contributed by atoms with Gasteiger partial charge in [0.15, 0.2) is 5.16 Å². The largest absolute Gasteiger partial charge is 0.465 e. The molecule has 31 heavy (non-hydrogen) atoms. The lowest BCUT2D eigenvalue weighted by Gasteiger charge is -2.44. The minimum atomic E-state index is -0.833. The Morgan fingerprint density at radius 2 is 1.90 bits per heavy atom. The first-order valence-electron chi connectivity index (χ1n) is 11.2. The van der Waals surface area contributed by atoms with E-state index < -0.39 is 6.09 Å². The van der Waals surface area contributed by atoms with Gasteiger partial charge in [0.1, 0.15) is 5.82 Å². The molecule has 1 amide bonds. The van der Waals surface area contributed by atoms with E-state index >= 15 is 0 Å². The van der Waals surface area contributed by atoms with Gasteiger partial charge in [-0.05, 0) is 68.2 Å². The zero-order chi connectivity index (χ0) is 21.6. The van der Waals surface area contributed by atoms with Gasteiger partial charge < -0.3 is 14.9 Å². The van der Waals surface area contributed by atoms with Gasteiger partial charge in [0.25, 0.3) is 0 Å². The smallest absolute Gasteiger partial charge is 0.407 e. The fourth-order valence-electron chi connectivity index (χ4n) is 5.74. The molecule has 2 aliphatic carbocycles. The van der Waals surface area contributed by atoms with Crippen LogP contribution in [0.1, 0.15) is 42.1 Å². The van der Waals surface area contributed by atoms with E-state index in [4.69, 9.17) is 9.97 Å². The van der Waals surface area contributed by atoms with Crippen molar-refractivity contribution in [1.82, 2.24) is 14.9 Å². The van der Waals surface area contributed by atoms with Crippen LogP contribution in [0.3, 0.4) is 0 Å². The number of aromatic nitrogens is 2. The number of thioether (sulfide) groups is 1. The number of rotatable bonds is 2. The van der Waals surface area contributed by atoms with Gasteiger partial charge in [-0.15, -0.1) is 0 Å². The van der Waals surface area contributed by atoms with E-state index in [1.165, 1.54) is 40.1 Å². The standard InChI is InChI=1S/C24H30N4O2S/c1-16-15-27(23(29)30)11-12-28(16)21-19-8-10-24(14-20(19)25-22(26-21)31-2)9-7-17-5-3-4-6-18(17)13-24/h3-6,16H,7-15H2,1-2H3,(H,29,30)/t16-,24+/m0/s1. The maximum Gasteiger partial charge on any atom is 0.407 e. The Labute approximate surface area is 188 Å². The SMILES string of the molecule is CSc1nc2c(c(N3CCN(C(=O)O)C[C@@H]3C)n1)CC[C@@]1(CCc3ccccc3C1)C2. The van der Waals surface area contributed by atoms with Crippen LogP contribution in [-0.4, -0.2) is 58.0 Å². The second-order valence-corrected chi connectivity index (χ2v) is 10.1. The van der Waals surface area contributed by atoms with Crippen molar-refractivity contribution < 1.29 is 9.90 Å². The monoisotopic (exact) mass is 438 g/mol. The number of aryl methyl sites for hydroxylation is 1. The summed E-state index contributed by atoms with van der Waals surface area (Å²) in [4.78, 5) is 25.2. The maximum atomic E-state index is 11.4. The number of anilines is 1. The molecule has 0 unspecified atom stereocenters. The van der Waals surface area contributed by atoms with Crippen molar-refractivity contribution in [1.29, 1.82) is 0 Å². The van der Waals surface area contributed by atoms with Crippen molar-refractivity contribution in [3.8, 4) is 0 Å². The van der Waals surface area contributed by atoms with Crippen LogP contribution in [0.5, 0.6) is 0 Å². The van der Waals surface area contributed by atoms with Gasteiger partial charge in [0.05, 0.1) is 5.69 Å². The van der Waals surface area contributed by atoms with E-state index in [-0.39, 0.29) is 6.04 Å². The molecule has 1 spiro atoms. The molecule has 0 radical (unpaired) electrons. The fraction of sp³-hybridized carbons (Fsp3) is 0.542. The molecule has 1 N–H and O–H groups in total. The third-order valence-corrected chi connectivity index (χ3v) is 8.01. The third-order valence-electron chi connectivity index (χ3n) is 7.46. The fourth-order valence-corrected chi connectivity index (χ4v) is 6.12. The van der Waals surface area contributed by atoms with Crippen LogP contribution in [0, 0.1) is 5.41 Å². The number of benzene rings is 1. The summed E-state index contributed by atoms with van der Waals surface area (Å²) in [5.41, 5.74) is 5.83. The first kappa shape index (κ1) is 20.6. The van der Waals surface area contributed by atoms with E-state index in [0.29, 0.717) is 25.0 Å². The number of piperazine rings is 1. The average Bonchev–Trinajstić information content (AvgIpc) is 2.78. The molecule has 1 aliphatic heterocycles. The lowest BCUT2D eigenvalue weighted by molar-refractivity contribution is 0.136. The van der Waals surface area contributed by atoms with Gasteiger partial charge in [0.2, 0.25) is 0 Å². The van der Waals surface area contributed by atoms with E-state index in [9.17, 15) is 9.90 Å². The van der Waals surface area contributed by atoms with Crippen LogP contribution >= 0.6 is 11.8 Å². The van der Waals surface area contributed by atoms with Gasteiger partial charge in [-0.25, -0.2) is 14.8 Å². The van der Waals surface area contributed by atoms with Crippen molar-refractivity contribution in [3.05, 3.63) is 46.6 Å². The van der Waals surface area contributed by atoms with Crippen molar-refractivity contribution in [2.75, 3.05) is 30.8 Å². The Morgan fingerprint density at radius 1 is 1.13 bits per heavy atom. The number of nitrogens with zero attached hydrogens (tertiary/aromatic N) is 4. The number of carboxylic acid groups (broad SMARTS) is 1. The highest BCUT2D eigenvalue weighted by atomic mass is 32.2. The minimum Gasteiger partial charge on any atom is -0.465 e. The number of fused-ring (bicyclic) bond motifs is 2. The molecular weight excluding hydrogens is 408 g/mol. The number of hydrogen-bond donors (Lipinski definition) is 1. The Balaban J connectivity index is 1.46. The Morgan fingerprint density at radius 3 is 2.65 bits per heavy atom. The molecule has 2 aromatic rings. The second-order valence-electron chi connectivity index (χ2n) is 9.35. The predicted molar refractivity (Wildman–Crippen MR) is 123 cm³/mol. The predicted octanol–water partition coefficient (Wildman–Crippen LogP) is 4.05. The molecule has 3 aliphatic rings. The summed E-state index contributed by atoms with van der Waals surface area (Å²) >= 11 is 1.60. The van der Waals surface area contributed by atoms with Crippen LogP contribution in [0.15, 0.2) is 29.4 Å². The molecule has 164 valence electrons. The lowest BCUT2D eigenvalue weighted by atomic mass is 9.63. The summed E-state index contributed by atoms with van der Waals surface area (Å²) in [6.45, 7) is 3.82. The van der Waals surface area contributed by atoms with E-state index in [0.717, 1.165) is 36.7 Å². The minimum absolute atomic E-state index is 0.107. The molecule has 1 aromatic heterocycles. The van der Waals surface area contributed by atoms with Crippen LogP contribution in [0.25, 0.3) is 0 Å². The first-order valence-corrected chi connectivity index (χ1v) is 12.5. The normalized spacial score (nSPS) is 25.3. The molecule has 1 aromatic carbocycles.